The Labute approximate surface area is 113 Å². The van der Waals surface area contributed by atoms with Crippen molar-refractivity contribution >= 4 is 0 Å². The molecule has 1 unspecified atom stereocenters. The zero-order chi connectivity index (χ0) is 13.7. The number of imidazole rings is 1. The lowest BCUT2D eigenvalue weighted by molar-refractivity contribution is 0.515. The van der Waals surface area contributed by atoms with Gasteiger partial charge < -0.3 is 9.88 Å². The summed E-state index contributed by atoms with van der Waals surface area (Å²) >= 11 is 0. The lowest BCUT2D eigenvalue weighted by Gasteiger charge is -2.20. The van der Waals surface area contributed by atoms with E-state index < -0.39 is 0 Å². The van der Waals surface area contributed by atoms with Crippen molar-refractivity contribution in [3.8, 4) is 0 Å². The van der Waals surface area contributed by atoms with E-state index in [0.29, 0.717) is 5.56 Å². The summed E-state index contributed by atoms with van der Waals surface area (Å²) < 4.78 is 16.1. The largest absolute Gasteiger partial charge is 0.333 e. The predicted molar refractivity (Wildman–Crippen MR) is 74.4 cm³/mol. The van der Waals surface area contributed by atoms with Crippen molar-refractivity contribution in [2.24, 2.45) is 0 Å². The molecule has 1 N–H and O–H groups in total. The molecule has 4 heteroatoms. The van der Waals surface area contributed by atoms with E-state index in [1.807, 2.05) is 25.3 Å². The van der Waals surface area contributed by atoms with Gasteiger partial charge in [0, 0.05) is 24.5 Å². The van der Waals surface area contributed by atoms with Crippen LogP contribution >= 0.6 is 0 Å². The molecule has 19 heavy (non-hydrogen) atoms. The van der Waals surface area contributed by atoms with Crippen molar-refractivity contribution in [3.05, 3.63) is 53.9 Å². The van der Waals surface area contributed by atoms with Gasteiger partial charge in [-0.05, 0) is 19.0 Å². The van der Waals surface area contributed by atoms with Gasteiger partial charge in [0.15, 0.2) is 0 Å². The monoisotopic (exact) mass is 261 g/mol. The second kappa shape index (κ2) is 6.48. The third-order valence-electron chi connectivity index (χ3n) is 3.09. The first-order chi connectivity index (χ1) is 9.27. The molecule has 0 saturated heterocycles. The zero-order valence-electron chi connectivity index (χ0n) is 11.4. The number of hydrogen-bond acceptors (Lipinski definition) is 2. The lowest BCUT2D eigenvalue weighted by Crippen LogP contribution is -2.26. The summed E-state index contributed by atoms with van der Waals surface area (Å²) in [5.74, 6) is 0.674. The van der Waals surface area contributed by atoms with E-state index in [2.05, 4.69) is 21.8 Å². The number of rotatable bonds is 6. The van der Waals surface area contributed by atoms with E-state index in [1.54, 1.807) is 12.3 Å². The molecule has 0 fully saturated rings. The van der Waals surface area contributed by atoms with Gasteiger partial charge >= 0.3 is 0 Å². The summed E-state index contributed by atoms with van der Waals surface area (Å²) in [6, 6.07) is 6.67. The number of hydrogen-bond donors (Lipinski definition) is 1. The van der Waals surface area contributed by atoms with Crippen LogP contribution in [-0.4, -0.2) is 16.1 Å². The summed E-state index contributed by atoms with van der Waals surface area (Å²) in [4.78, 5) is 4.41. The standard InChI is InChI=1S/C15H20FN3/c1-3-10-19-11-9-18-15(19)14(17-4-2)12-7-5-6-8-13(12)16/h5-9,11,14,17H,3-4,10H2,1-2H3. The summed E-state index contributed by atoms with van der Waals surface area (Å²) in [6.07, 6.45) is 4.75. The first-order valence-electron chi connectivity index (χ1n) is 6.76. The molecule has 1 atom stereocenters. The average molecular weight is 261 g/mol. The third kappa shape index (κ3) is 3.01. The first-order valence-corrected chi connectivity index (χ1v) is 6.76. The molecule has 1 aromatic heterocycles. The van der Waals surface area contributed by atoms with Crippen molar-refractivity contribution < 1.29 is 4.39 Å². The van der Waals surface area contributed by atoms with Crippen molar-refractivity contribution in [2.45, 2.75) is 32.9 Å². The van der Waals surface area contributed by atoms with Crippen LogP contribution in [-0.2, 0) is 6.54 Å². The minimum Gasteiger partial charge on any atom is -0.333 e. The molecular formula is C15H20FN3. The molecule has 2 rings (SSSR count). The molecule has 0 aliphatic heterocycles. The van der Waals surface area contributed by atoms with E-state index in [9.17, 15) is 4.39 Å². The number of nitrogens with one attached hydrogen (secondary N) is 1. The second-order valence-electron chi connectivity index (χ2n) is 4.49. The van der Waals surface area contributed by atoms with Gasteiger partial charge in [-0.25, -0.2) is 9.37 Å². The molecule has 1 aromatic carbocycles. The normalized spacial score (nSPS) is 12.6. The molecule has 0 radical (unpaired) electrons. The van der Waals surface area contributed by atoms with Crippen molar-refractivity contribution in [1.29, 1.82) is 0 Å². The van der Waals surface area contributed by atoms with Crippen molar-refractivity contribution in [2.75, 3.05) is 6.54 Å². The van der Waals surface area contributed by atoms with E-state index in [1.165, 1.54) is 6.07 Å². The maximum absolute atomic E-state index is 14.0. The highest BCUT2D eigenvalue weighted by Gasteiger charge is 2.20. The highest BCUT2D eigenvalue weighted by Crippen LogP contribution is 2.23. The fourth-order valence-electron chi connectivity index (χ4n) is 2.26. The van der Waals surface area contributed by atoms with E-state index in [4.69, 9.17) is 0 Å². The van der Waals surface area contributed by atoms with Crippen molar-refractivity contribution in [1.82, 2.24) is 14.9 Å². The molecule has 2 aromatic rings. The van der Waals surface area contributed by atoms with Gasteiger partial charge in [-0.2, -0.15) is 0 Å². The molecule has 3 nitrogen and oxygen atoms in total. The highest BCUT2D eigenvalue weighted by molar-refractivity contribution is 5.27. The van der Waals surface area contributed by atoms with Crippen LogP contribution in [0, 0.1) is 5.82 Å². The molecule has 0 amide bonds. The molecule has 0 aliphatic carbocycles. The Morgan fingerprint density at radius 2 is 2.11 bits per heavy atom. The molecular weight excluding hydrogens is 241 g/mol. The van der Waals surface area contributed by atoms with Crippen LogP contribution in [0.25, 0.3) is 0 Å². The second-order valence-corrected chi connectivity index (χ2v) is 4.49. The van der Waals surface area contributed by atoms with Gasteiger partial charge in [-0.15, -0.1) is 0 Å². The van der Waals surface area contributed by atoms with Gasteiger partial charge in [-0.3, -0.25) is 0 Å². The van der Waals surface area contributed by atoms with Crippen LogP contribution in [0.3, 0.4) is 0 Å². The SMILES string of the molecule is CCCn1ccnc1C(NCC)c1ccccc1F. The van der Waals surface area contributed by atoms with E-state index in [-0.39, 0.29) is 11.9 Å². The maximum atomic E-state index is 14.0. The molecule has 1 heterocycles. The fourth-order valence-corrected chi connectivity index (χ4v) is 2.26. The van der Waals surface area contributed by atoms with E-state index in [0.717, 1.165) is 25.3 Å². The van der Waals surface area contributed by atoms with Crippen molar-refractivity contribution in [3.63, 3.8) is 0 Å². The minimum absolute atomic E-state index is 0.195. The Balaban J connectivity index is 2.40. The molecule has 0 aliphatic rings. The van der Waals surface area contributed by atoms with Crippen LogP contribution in [0.5, 0.6) is 0 Å². The van der Waals surface area contributed by atoms with Gasteiger partial charge in [0.1, 0.15) is 11.6 Å². The Bertz CT molecular complexity index is 522. The quantitative estimate of drug-likeness (QED) is 0.865. The topological polar surface area (TPSA) is 29.9 Å². The Kier molecular flexibility index (Phi) is 4.68. The number of halogens is 1. The first kappa shape index (κ1) is 13.7. The third-order valence-corrected chi connectivity index (χ3v) is 3.09. The van der Waals surface area contributed by atoms with Crippen LogP contribution < -0.4 is 5.32 Å². The molecule has 0 spiro atoms. The number of nitrogens with zero attached hydrogens (tertiary/aromatic N) is 2. The Morgan fingerprint density at radius 3 is 2.79 bits per heavy atom. The van der Waals surface area contributed by atoms with E-state index >= 15 is 0 Å². The fraction of sp³-hybridized carbons (Fsp3) is 0.400. The van der Waals surface area contributed by atoms with Crippen LogP contribution in [0.2, 0.25) is 0 Å². The number of aromatic nitrogens is 2. The lowest BCUT2D eigenvalue weighted by atomic mass is 10.1. The summed E-state index contributed by atoms with van der Waals surface area (Å²) in [6.45, 7) is 5.79. The number of aryl methyl sites for hydroxylation is 1. The highest BCUT2D eigenvalue weighted by atomic mass is 19.1. The maximum Gasteiger partial charge on any atom is 0.130 e. The molecule has 102 valence electrons. The van der Waals surface area contributed by atoms with Crippen LogP contribution in [0.15, 0.2) is 36.7 Å². The Hall–Kier alpha value is -1.68. The van der Waals surface area contributed by atoms with Gasteiger partial charge in [0.2, 0.25) is 0 Å². The minimum atomic E-state index is -0.201. The van der Waals surface area contributed by atoms with Gasteiger partial charge in [0.25, 0.3) is 0 Å². The summed E-state index contributed by atoms with van der Waals surface area (Å²) in [7, 11) is 0. The van der Waals surface area contributed by atoms with Gasteiger partial charge in [0.05, 0.1) is 6.04 Å². The summed E-state index contributed by atoms with van der Waals surface area (Å²) in [5.41, 5.74) is 0.646. The van der Waals surface area contributed by atoms with Gasteiger partial charge in [-0.1, -0.05) is 32.0 Å². The average Bonchev–Trinajstić information content (AvgIpc) is 2.86. The zero-order valence-corrected chi connectivity index (χ0v) is 11.4. The molecule has 0 bridgehead atoms. The number of benzene rings is 1. The summed E-state index contributed by atoms with van der Waals surface area (Å²) in [5, 5.41) is 3.32. The predicted octanol–water partition coefficient (Wildman–Crippen LogP) is 3.13. The Morgan fingerprint density at radius 1 is 1.32 bits per heavy atom. The van der Waals surface area contributed by atoms with Crippen LogP contribution in [0.1, 0.15) is 37.7 Å². The van der Waals surface area contributed by atoms with Crippen LogP contribution in [0.4, 0.5) is 4.39 Å². The smallest absolute Gasteiger partial charge is 0.130 e. The molecule has 0 saturated carbocycles.